The molecular weight excluding hydrogens is 204 g/mol. The third-order valence-corrected chi connectivity index (χ3v) is 3.02. The van der Waals surface area contributed by atoms with Crippen molar-refractivity contribution >= 4 is 0 Å². The predicted molar refractivity (Wildman–Crippen MR) is 58.5 cm³/mol. The summed E-state index contributed by atoms with van der Waals surface area (Å²) in [5.41, 5.74) is 0. The van der Waals surface area contributed by atoms with Gasteiger partial charge in [-0.15, -0.1) is 0 Å². The van der Waals surface area contributed by atoms with Gasteiger partial charge in [-0.05, 0) is 43.9 Å². The summed E-state index contributed by atoms with van der Waals surface area (Å²) in [6, 6.07) is 5.45. The molecule has 0 spiro atoms. The molecule has 1 saturated carbocycles. The van der Waals surface area contributed by atoms with Crippen molar-refractivity contribution in [2.24, 2.45) is 5.92 Å². The van der Waals surface area contributed by atoms with Crippen LogP contribution in [0.3, 0.4) is 0 Å². The minimum Gasteiger partial charge on any atom is -0.449 e. The second-order valence-electron chi connectivity index (χ2n) is 4.34. The van der Waals surface area contributed by atoms with Crippen LogP contribution in [0.4, 0.5) is 0 Å². The van der Waals surface area contributed by atoms with Crippen LogP contribution < -0.4 is 5.32 Å². The molecule has 0 saturated heterocycles. The van der Waals surface area contributed by atoms with Gasteiger partial charge < -0.3 is 14.8 Å². The second kappa shape index (κ2) is 5.15. The van der Waals surface area contributed by atoms with Gasteiger partial charge in [-0.1, -0.05) is 0 Å². The summed E-state index contributed by atoms with van der Waals surface area (Å²) in [4.78, 5) is 0. The molecule has 86 valence electrons. The predicted octanol–water partition coefficient (Wildman–Crippen LogP) is 1.40. The Morgan fingerprint density at radius 2 is 2.38 bits per heavy atom. The fourth-order valence-corrected chi connectivity index (χ4v) is 2.17. The van der Waals surface area contributed by atoms with E-state index in [0.29, 0.717) is 18.2 Å². The molecule has 2 N–H and O–H groups in total. The number of nitrogens with zero attached hydrogens (tertiary/aromatic N) is 1. The number of nitriles is 1. The number of nitrogens with one attached hydrogen (secondary N) is 1. The molecule has 1 aromatic heterocycles. The Hall–Kier alpha value is -1.31. The first-order valence-corrected chi connectivity index (χ1v) is 5.65. The zero-order chi connectivity index (χ0) is 11.4. The number of aliphatic hydroxyl groups is 1. The van der Waals surface area contributed by atoms with Crippen LogP contribution in [0.5, 0.6) is 0 Å². The lowest BCUT2D eigenvalue weighted by Crippen LogP contribution is -2.21. The summed E-state index contributed by atoms with van der Waals surface area (Å²) in [6.07, 6.45) is 2.80. The van der Waals surface area contributed by atoms with Crippen molar-refractivity contribution in [1.29, 1.82) is 5.26 Å². The fourth-order valence-electron chi connectivity index (χ4n) is 2.17. The highest BCUT2D eigenvalue weighted by atomic mass is 16.3. The average molecular weight is 220 g/mol. The van der Waals surface area contributed by atoms with Gasteiger partial charge in [-0.2, -0.15) is 5.26 Å². The molecule has 2 atom stereocenters. The molecule has 4 nitrogen and oxygen atoms in total. The molecule has 16 heavy (non-hydrogen) atoms. The van der Waals surface area contributed by atoms with E-state index in [-0.39, 0.29) is 6.10 Å². The molecule has 0 aliphatic heterocycles. The van der Waals surface area contributed by atoms with Gasteiger partial charge in [0.1, 0.15) is 11.8 Å². The Morgan fingerprint density at radius 1 is 1.50 bits per heavy atom. The topological polar surface area (TPSA) is 69.2 Å². The van der Waals surface area contributed by atoms with Gasteiger partial charge in [0.15, 0.2) is 0 Å². The van der Waals surface area contributed by atoms with Gasteiger partial charge in [-0.3, -0.25) is 0 Å². The lowest BCUT2D eigenvalue weighted by molar-refractivity contribution is 0.177. The number of hydrogen-bond donors (Lipinski definition) is 2. The monoisotopic (exact) mass is 220 g/mol. The highest BCUT2D eigenvalue weighted by Crippen LogP contribution is 2.24. The maximum atomic E-state index is 9.37. The summed E-state index contributed by atoms with van der Waals surface area (Å²) in [5, 5.41) is 21.2. The molecule has 0 aromatic carbocycles. The highest BCUT2D eigenvalue weighted by molar-refractivity contribution is 5.18. The van der Waals surface area contributed by atoms with Gasteiger partial charge >= 0.3 is 0 Å². The van der Waals surface area contributed by atoms with E-state index in [2.05, 4.69) is 5.32 Å². The SMILES string of the molecule is N#Cc1ccc(CNCC2CCC(O)C2)o1. The number of rotatable bonds is 4. The average Bonchev–Trinajstić information content (AvgIpc) is 2.88. The molecule has 1 aliphatic carbocycles. The maximum Gasteiger partial charge on any atom is 0.203 e. The minimum atomic E-state index is -0.111. The van der Waals surface area contributed by atoms with Gasteiger partial charge in [0.25, 0.3) is 0 Å². The van der Waals surface area contributed by atoms with Crippen molar-refractivity contribution in [3.8, 4) is 6.07 Å². The van der Waals surface area contributed by atoms with Crippen LogP contribution in [0.1, 0.15) is 30.8 Å². The van der Waals surface area contributed by atoms with E-state index < -0.39 is 0 Å². The number of furan rings is 1. The Bertz CT molecular complexity index is 381. The third kappa shape index (κ3) is 2.84. The van der Waals surface area contributed by atoms with E-state index in [9.17, 15) is 5.11 Å². The van der Waals surface area contributed by atoms with Crippen molar-refractivity contribution in [2.75, 3.05) is 6.54 Å². The lowest BCUT2D eigenvalue weighted by atomic mass is 10.1. The zero-order valence-electron chi connectivity index (χ0n) is 9.15. The molecule has 0 bridgehead atoms. The van der Waals surface area contributed by atoms with Crippen molar-refractivity contribution in [1.82, 2.24) is 5.32 Å². The summed E-state index contributed by atoms with van der Waals surface area (Å²) >= 11 is 0. The molecule has 0 radical (unpaired) electrons. The van der Waals surface area contributed by atoms with E-state index in [1.807, 2.05) is 12.1 Å². The van der Waals surface area contributed by atoms with Gasteiger partial charge in [0, 0.05) is 0 Å². The van der Waals surface area contributed by atoms with Crippen LogP contribution in [0, 0.1) is 17.2 Å². The fraction of sp³-hybridized carbons (Fsp3) is 0.583. The van der Waals surface area contributed by atoms with Crippen LogP contribution in [0.15, 0.2) is 16.5 Å². The normalized spacial score (nSPS) is 24.5. The molecule has 2 rings (SSSR count). The van der Waals surface area contributed by atoms with Gasteiger partial charge in [0.2, 0.25) is 5.76 Å². The molecule has 0 amide bonds. The van der Waals surface area contributed by atoms with Crippen molar-refractivity contribution in [3.05, 3.63) is 23.7 Å². The second-order valence-corrected chi connectivity index (χ2v) is 4.34. The van der Waals surface area contributed by atoms with E-state index in [4.69, 9.17) is 9.68 Å². The molecule has 1 fully saturated rings. The molecular formula is C12H16N2O2. The Morgan fingerprint density at radius 3 is 3.00 bits per heavy atom. The summed E-state index contributed by atoms with van der Waals surface area (Å²) in [7, 11) is 0. The smallest absolute Gasteiger partial charge is 0.203 e. The van der Waals surface area contributed by atoms with Gasteiger partial charge in [-0.25, -0.2) is 0 Å². The van der Waals surface area contributed by atoms with Crippen LogP contribution in [0.2, 0.25) is 0 Å². The summed E-state index contributed by atoms with van der Waals surface area (Å²) in [6.45, 7) is 1.55. The van der Waals surface area contributed by atoms with Crippen molar-refractivity contribution in [2.45, 2.75) is 31.9 Å². The minimum absolute atomic E-state index is 0.111. The molecule has 1 heterocycles. The molecule has 2 unspecified atom stereocenters. The number of aliphatic hydroxyl groups excluding tert-OH is 1. The van der Waals surface area contributed by atoms with E-state index in [1.54, 1.807) is 6.07 Å². The number of hydrogen-bond acceptors (Lipinski definition) is 4. The quantitative estimate of drug-likeness (QED) is 0.804. The molecule has 4 heteroatoms. The Labute approximate surface area is 94.9 Å². The van der Waals surface area contributed by atoms with Crippen LogP contribution in [-0.4, -0.2) is 17.8 Å². The van der Waals surface area contributed by atoms with Crippen LogP contribution in [-0.2, 0) is 6.54 Å². The summed E-state index contributed by atoms with van der Waals surface area (Å²) < 4.78 is 5.25. The van der Waals surface area contributed by atoms with E-state index >= 15 is 0 Å². The summed E-state index contributed by atoms with van der Waals surface area (Å²) in [5.74, 6) is 1.71. The Kier molecular flexibility index (Phi) is 3.60. The van der Waals surface area contributed by atoms with Crippen LogP contribution in [0.25, 0.3) is 0 Å². The van der Waals surface area contributed by atoms with Crippen molar-refractivity contribution in [3.63, 3.8) is 0 Å². The lowest BCUT2D eigenvalue weighted by Gasteiger charge is -2.09. The molecule has 1 aliphatic rings. The standard InChI is InChI=1S/C12H16N2O2/c13-6-11-3-4-12(16-11)8-14-7-9-1-2-10(15)5-9/h3-4,9-10,14-15H,1-2,5,7-8H2. The first kappa shape index (κ1) is 11.2. The third-order valence-electron chi connectivity index (χ3n) is 3.02. The van der Waals surface area contributed by atoms with E-state index in [0.717, 1.165) is 31.6 Å². The zero-order valence-corrected chi connectivity index (χ0v) is 9.15. The largest absolute Gasteiger partial charge is 0.449 e. The highest BCUT2D eigenvalue weighted by Gasteiger charge is 2.22. The molecule has 1 aromatic rings. The first-order chi connectivity index (χ1) is 7.78. The Balaban J connectivity index is 1.70. The van der Waals surface area contributed by atoms with Gasteiger partial charge in [0.05, 0.1) is 12.6 Å². The van der Waals surface area contributed by atoms with Crippen LogP contribution >= 0.6 is 0 Å². The maximum absolute atomic E-state index is 9.37. The van der Waals surface area contributed by atoms with Crippen molar-refractivity contribution < 1.29 is 9.52 Å². The first-order valence-electron chi connectivity index (χ1n) is 5.65. The van der Waals surface area contributed by atoms with E-state index in [1.165, 1.54) is 0 Å².